The smallest absolute Gasteiger partial charge is 0.257 e. The van der Waals surface area contributed by atoms with Gasteiger partial charge in [-0.2, -0.15) is 0 Å². The Morgan fingerprint density at radius 2 is 1.92 bits per heavy atom. The number of nitrogens with zero attached hydrogens (tertiary/aromatic N) is 1. The maximum absolute atomic E-state index is 13.0. The maximum atomic E-state index is 13.0. The molecule has 0 radical (unpaired) electrons. The molecule has 1 fully saturated rings. The number of aromatic hydroxyl groups is 1. The fourth-order valence-corrected chi connectivity index (χ4v) is 4.10. The molecule has 0 aromatic heterocycles. The summed E-state index contributed by atoms with van der Waals surface area (Å²) >= 11 is 0. The van der Waals surface area contributed by atoms with Crippen molar-refractivity contribution in [3.8, 4) is 5.75 Å². The molecule has 5 heteroatoms. The molecule has 1 aliphatic heterocycles. The largest absolute Gasteiger partial charge is 0.507 e. The quantitative estimate of drug-likeness (QED) is 0.850. The number of phenols is 1. The van der Waals surface area contributed by atoms with E-state index in [9.17, 15) is 14.7 Å². The average Bonchev–Trinajstić information content (AvgIpc) is 2.66. The van der Waals surface area contributed by atoms with Crippen molar-refractivity contribution in [2.24, 2.45) is 5.92 Å². The Bertz CT molecular complexity index is 671. The number of aryl methyl sites for hydroxylation is 2. The van der Waals surface area contributed by atoms with E-state index < -0.39 is 0 Å². The van der Waals surface area contributed by atoms with E-state index >= 15 is 0 Å². The number of hydrogen-bond acceptors (Lipinski definition) is 3. The van der Waals surface area contributed by atoms with Crippen molar-refractivity contribution in [2.75, 3.05) is 19.6 Å². The second kappa shape index (κ2) is 8.56. The van der Waals surface area contributed by atoms with Gasteiger partial charge in [0.15, 0.2) is 0 Å². The summed E-state index contributed by atoms with van der Waals surface area (Å²) in [4.78, 5) is 26.5. The van der Waals surface area contributed by atoms with Crippen molar-refractivity contribution in [2.45, 2.75) is 58.3 Å². The summed E-state index contributed by atoms with van der Waals surface area (Å²) < 4.78 is 0. The summed E-state index contributed by atoms with van der Waals surface area (Å²) in [6.07, 6.45) is 7.63. The van der Waals surface area contributed by atoms with Gasteiger partial charge >= 0.3 is 0 Å². The number of nitrogens with one attached hydrogen (secondary N) is 1. The number of carbonyl (C=O) groups excluding carboxylic acids is 2. The summed E-state index contributed by atoms with van der Waals surface area (Å²) in [5, 5.41) is 13.3. The van der Waals surface area contributed by atoms with Crippen LogP contribution >= 0.6 is 0 Å². The first kappa shape index (κ1) is 18.7. The molecule has 1 aliphatic carbocycles. The fraction of sp³-hybridized carbons (Fsp3) is 0.619. The maximum Gasteiger partial charge on any atom is 0.257 e. The predicted molar refractivity (Wildman–Crippen MR) is 101 cm³/mol. The highest BCUT2D eigenvalue weighted by Crippen LogP contribution is 2.30. The van der Waals surface area contributed by atoms with Gasteiger partial charge in [-0.05, 0) is 74.1 Å². The Morgan fingerprint density at radius 3 is 2.65 bits per heavy atom. The molecule has 2 N–H and O–H groups in total. The van der Waals surface area contributed by atoms with Gasteiger partial charge in [0.25, 0.3) is 5.91 Å². The van der Waals surface area contributed by atoms with Crippen molar-refractivity contribution in [3.05, 3.63) is 28.8 Å². The monoisotopic (exact) mass is 358 g/mol. The zero-order valence-electron chi connectivity index (χ0n) is 15.7. The highest BCUT2D eigenvalue weighted by molar-refractivity contribution is 5.97. The second-order valence-electron chi connectivity index (χ2n) is 7.66. The minimum Gasteiger partial charge on any atom is -0.507 e. The molecule has 5 nitrogen and oxygen atoms in total. The molecule has 1 atom stereocenters. The van der Waals surface area contributed by atoms with Gasteiger partial charge in [-0.1, -0.05) is 6.92 Å². The Labute approximate surface area is 155 Å². The van der Waals surface area contributed by atoms with Crippen LogP contribution in [0.2, 0.25) is 0 Å². The van der Waals surface area contributed by atoms with Gasteiger partial charge in [0, 0.05) is 26.1 Å². The van der Waals surface area contributed by atoms with Gasteiger partial charge < -0.3 is 15.3 Å². The molecule has 3 rings (SSSR count). The van der Waals surface area contributed by atoms with Crippen molar-refractivity contribution >= 4 is 11.8 Å². The van der Waals surface area contributed by atoms with E-state index in [1.165, 1.54) is 11.1 Å². The highest BCUT2D eigenvalue weighted by Gasteiger charge is 2.27. The SMILES string of the molecule is CCCC(=O)NCC1CCCN(C(=O)c2cc3c(cc2O)CCCC3)C1. The molecule has 1 heterocycles. The second-order valence-corrected chi connectivity index (χ2v) is 7.66. The third-order valence-corrected chi connectivity index (χ3v) is 5.56. The van der Waals surface area contributed by atoms with Crippen LogP contribution in [0.25, 0.3) is 0 Å². The van der Waals surface area contributed by atoms with E-state index in [1.54, 1.807) is 6.07 Å². The number of rotatable bonds is 5. The van der Waals surface area contributed by atoms with Crippen LogP contribution in [-0.2, 0) is 17.6 Å². The van der Waals surface area contributed by atoms with Gasteiger partial charge in [-0.3, -0.25) is 9.59 Å². The first-order chi connectivity index (χ1) is 12.6. The lowest BCUT2D eigenvalue weighted by molar-refractivity contribution is -0.121. The molecular formula is C21H30N2O3. The molecule has 0 spiro atoms. The van der Waals surface area contributed by atoms with Crippen LogP contribution in [0.3, 0.4) is 0 Å². The molecule has 1 unspecified atom stereocenters. The van der Waals surface area contributed by atoms with Gasteiger partial charge in [0.2, 0.25) is 5.91 Å². The van der Waals surface area contributed by atoms with E-state index in [4.69, 9.17) is 0 Å². The molecule has 0 saturated carbocycles. The zero-order valence-corrected chi connectivity index (χ0v) is 15.7. The number of fused-ring (bicyclic) bond motifs is 1. The minimum absolute atomic E-state index is 0.0829. The summed E-state index contributed by atoms with van der Waals surface area (Å²) in [5.74, 6) is 0.394. The molecule has 142 valence electrons. The first-order valence-corrected chi connectivity index (χ1v) is 9.99. The van der Waals surface area contributed by atoms with E-state index in [0.717, 1.165) is 51.5 Å². The van der Waals surface area contributed by atoms with Crippen molar-refractivity contribution < 1.29 is 14.7 Å². The molecule has 1 aromatic carbocycles. The van der Waals surface area contributed by atoms with Gasteiger partial charge in [0.05, 0.1) is 5.56 Å². The lowest BCUT2D eigenvalue weighted by atomic mass is 9.89. The molecule has 26 heavy (non-hydrogen) atoms. The Hall–Kier alpha value is -2.04. The number of likely N-dealkylation sites (tertiary alicyclic amines) is 1. The van der Waals surface area contributed by atoms with Crippen LogP contribution in [0.4, 0.5) is 0 Å². The molecule has 1 aromatic rings. The number of benzene rings is 1. The number of carbonyl (C=O) groups is 2. The molecule has 0 bridgehead atoms. The van der Waals surface area contributed by atoms with Gasteiger partial charge in [-0.15, -0.1) is 0 Å². The average molecular weight is 358 g/mol. The topological polar surface area (TPSA) is 69.6 Å². The Morgan fingerprint density at radius 1 is 1.19 bits per heavy atom. The van der Waals surface area contributed by atoms with Gasteiger partial charge in [0.1, 0.15) is 5.75 Å². The summed E-state index contributed by atoms with van der Waals surface area (Å²) in [6, 6.07) is 3.69. The Balaban J connectivity index is 1.65. The molecule has 1 saturated heterocycles. The molecular weight excluding hydrogens is 328 g/mol. The number of amides is 2. The highest BCUT2D eigenvalue weighted by atomic mass is 16.3. The summed E-state index contributed by atoms with van der Waals surface area (Å²) in [6.45, 7) is 3.97. The van der Waals surface area contributed by atoms with Crippen molar-refractivity contribution in [1.29, 1.82) is 0 Å². The zero-order chi connectivity index (χ0) is 18.5. The minimum atomic E-state index is -0.0829. The lowest BCUT2D eigenvalue weighted by Crippen LogP contribution is -2.43. The normalized spacial score (nSPS) is 19.7. The summed E-state index contributed by atoms with van der Waals surface area (Å²) in [7, 11) is 0. The van der Waals surface area contributed by atoms with E-state index in [2.05, 4.69) is 5.32 Å². The third kappa shape index (κ3) is 4.37. The van der Waals surface area contributed by atoms with Crippen LogP contribution in [-0.4, -0.2) is 41.5 Å². The number of hydrogen-bond donors (Lipinski definition) is 2. The van der Waals surface area contributed by atoms with E-state index in [1.807, 2.05) is 17.9 Å². The van der Waals surface area contributed by atoms with Crippen LogP contribution in [0.5, 0.6) is 5.75 Å². The predicted octanol–water partition coefficient (Wildman–Crippen LogP) is 3.04. The summed E-state index contributed by atoms with van der Waals surface area (Å²) in [5.41, 5.74) is 2.82. The van der Waals surface area contributed by atoms with Crippen LogP contribution < -0.4 is 5.32 Å². The fourth-order valence-electron chi connectivity index (χ4n) is 4.10. The third-order valence-electron chi connectivity index (χ3n) is 5.56. The lowest BCUT2D eigenvalue weighted by Gasteiger charge is -2.33. The van der Waals surface area contributed by atoms with Crippen LogP contribution in [0.15, 0.2) is 12.1 Å². The van der Waals surface area contributed by atoms with E-state index in [0.29, 0.717) is 25.1 Å². The van der Waals surface area contributed by atoms with Crippen molar-refractivity contribution in [1.82, 2.24) is 10.2 Å². The van der Waals surface area contributed by atoms with Crippen molar-refractivity contribution in [3.63, 3.8) is 0 Å². The van der Waals surface area contributed by atoms with Gasteiger partial charge in [-0.25, -0.2) is 0 Å². The standard InChI is InChI=1S/C21H30N2O3/c1-2-6-20(25)22-13-15-7-5-10-23(14-15)21(26)18-11-16-8-3-4-9-17(16)12-19(18)24/h11-12,15,24H,2-10,13-14H2,1H3,(H,22,25). The van der Waals surface area contributed by atoms with Crippen LogP contribution in [0, 0.1) is 5.92 Å². The number of piperidine rings is 1. The first-order valence-electron chi connectivity index (χ1n) is 9.99. The number of phenolic OH excluding ortho intramolecular Hbond substituents is 1. The van der Waals surface area contributed by atoms with E-state index in [-0.39, 0.29) is 23.5 Å². The molecule has 2 amide bonds. The Kier molecular flexibility index (Phi) is 6.17. The van der Waals surface area contributed by atoms with Crippen LogP contribution in [0.1, 0.15) is 66.9 Å². The molecule has 2 aliphatic rings.